The number of ether oxygens (including phenoxy) is 1. The van der Waals surface area contributed by atoms with Gasteiger partial charge in [-0.25, -0.2) is 14.4 Å². The molecule has 2 aromatic heterocycles. The van der Waals surface area contributed by atoms with E-state index in [9.17, 15) is 5.11 Å². The molecule has 5 rings (SSSR count). The number of anilines is 1. The van der Waals surface area contributed by atoms with Gasteiger partial charge < -0.3 is 19.6 Å². The van der Waals surface area contributed by atoms with Crippen LogP contribution in [-0.2, 0) is 17.8 Å². The van der Waals surface area contributed by atoms with Crippen LogP contribution in [0.5, 0.6) is 0 Å². The van der Waals surface area contributed by atoms with E-state index in [4.69, 9.17) is 4.74 Å². The topological polar surface area (TPSA) is 66.1 Å². The first-order chi connectivity index (χ1) is 15.6. The van der Waals surface area contributed by atoms with E-state index < -0.39 is 0 Å². The van der Waals surface area contributed by atoms with Gasteiger partial charge in [-0.3, -0.25) is 4.40 Å². The Morgan fingerprint density at radius 3 is 2.69 bits per heavy atom. The number of fused-ring (bicyclic) bond motifs is 1. The molecule has 8 heteroatoms. The van der Waals surface area contributed by atoms with Crippen molar-refractivity contribution in [3.63, 3.8) is 0 Å². The van der Waals surface area contributed by atoms with Crippen molar-refractivity contribution in [2.24, 2.45) is 0 Å². The first-order valence-electron chi connectivity index (χ1n) is 11.4. The highest BCUT2D eigenvalue weighted by atomic mass is 19.1. The molecule has 2 saturated heterocycles. The number of nitrogens with zero attached hydrogens (tertiary/aromatic N) is 5. The van der Waals surface area contributed by atoms with E-state index in [-0.39, 0.29) is 18.3 Å². The molecule has 1 N–H and O–H groups in total. The SMILES string of the molecule is CN1CCC(c2c(F)cccc2Cc2c(CO)nc3ncc(N4CCOCC4)cn23)CC1. The third-order valence-electron chi connectivity index (χ3n) is 6.80. The van der Waals surface area contributed by atoms with Crippen LogP contribution in [0, 0.1) is 5.82 Å². The summed E-state index contributed by atoms with van der Waals surface area (Å²) in [6.45, 7) is 4.79. The first-order valence-corrected chi connectivity index (χ1v) is 11.4. The molecule has 0 bridgehead atoms. The molecule has 1 aromatic carbocycles. The number of hydrogen-bond acceptors (Lipinski definition) is 6. The summed E-state index contributed by atoms with van der Waals surface area (Å²) in [6.07, 6.45) is 6.26. The van der Waals surface area contributed by atoms with Gasteiger partial charge in [0.05, 0.1) is 43.1 Å². The van der Waals surface area contributed by atoms with E-state index >= 15 is 4.39 Å². The third kappa shape index (κ3) is 4.10. The molecule has 0 aliphatic carbocycles. The van der Waals surface area contributed by atoms with Crippen LogP contribution < -0.4 is 4.90 Å². The molecule has 0 saturated carbocycles. The van der Waals surface area contributed by atoms with Crippen molar-refractivity contribution in [3.8, 4) is 0 Å². The van der Waals surface area contributed by atoms with Crippen molar-refractivity contribution in [1.29, 1.82) is 0 Å². The lowest BCUT2D eigenvalue weighted by atomic mass is 9.85. The van der Waals surface area contributed by atoms with Crippen molar-refractivity contribution in [1.82, 2.24) is 19.3 Å². The summed E-state index contributed by atoms with van der Waals surface area (Å²) in [7, 11) is 2.11. The molecular weight excluding hydrogens is 409 g/mol. The number of aliphatic hydroxyl groups is 1. The molecule has 7 nitrogen and oxygen atoms in total. The monoisotopic (exact) mass is 439 g/mol. The predicted molar refractivity (Wildman–Crippen MR) is 121 cm³/mol. The highest BCUT2D eigenvalue weighted by Crippen LogP contribution is 2.33. The van der Waals surface area contributed by atoms with Crippen molar-refractivity contribution in [2.45, 2.75) is 31.8 Å². The van der Waals surface area contributed by atoms with Crippen LogP contribution in [0.3, 0.4) is 0 Å². The molecule has 0 atom stereocenters. The van der Waals surface area contributed by atoms with Gasteiger partial charge in [0.1, 0.15) is 5.82 Å². The van der Waals surface area contributed by atoms with Crippen LogP contribution >= 0.6 is 0 Å². The van der Waals surface area contributed by atoms with Crippen LogP contribution in [-0.4, -0.2) is 70.8 Å². The molecule has 170 valence electrons. The molecule has 0 unspecified atom stereocenters. The number of benzene rings is 1. The normalized spacial score (nSPS) is 18.5. The van der Waals surface area contributed by atoms with Crippen LogP contribution in [0.15, 0.2) is 30.6 Å². The molecule has 2 fully saturated rings. The number of piperidine rings is 1. The van der Waals surface area contributed by atoms with Crippen LogP contribution in [0.4, 0.5) is 10.1 Å². The molecule has 0 radical (unpaired) electrons. The highest BCUT2D eigenvalue weighted by molar-refractivity contribution is 5.49. The molecule has 32 heavy (non-hydrogen) atoms. The van der Waals surface area contributed by atoms with E-state index in [0.717, 1.165) is 61.5 Å². The Kier molecular flexibility index (Phi) is 6.08. The Morgan fingerprint density at radius 1 is 1.16 bits per heavy atom. The van der Waals surface area contributed by atoms with Gasteiger partial charge >= 0.3 is 0 Å². The Hall–Kier alpha value is -2.55. The molecule has 0 spiro atoms. The quantitative estimate of drug-likeness (QED) is 0.659. The fourth-order valence-electron chi connectivity index (χ4n) is 4.98. The Morgan fingerprint density at radius 2 is 1.94 bits per heavy atom. The van der Waals surface area contributed by atoms with Gasteiger partial charge in [0.25, 0.3) is 0 Å². The van der Waals surface area contributed by atoms with Crippen LogP contribution in [0.1, 0.15) is 41.3 Å². The van der Waals surface area contributed by atoms with Crippen LogP contribution in [0.2, 0.25) is 0 Å². The van der Waals surface area contributed by atoms with Crippen molar-refractivity contribution < 1.29 is 14.2 Å². The summed E-state index contributed by atoms with van der Waals surface area (Å²) >= 11 is 0. The summed E-state index contributed by atoms with van der Waals surface area (Å²) in [5, 5.41) is 10.0. The number of rotatable bonds is 5. The molecule has 4 heterocycles. The van der Waals surface area contributed by atoms with Crippen LogP contribution in [0.25, 0.3) is 5.78 Å². The molecule has 3 aromatic rings. The Labute approximate surface area is 187 Å². The van der Waals surface area contributed by atoms with Gasteiger partial charge in [0.2, 0.25) is 5.78 Å². The standard InChI is InChI=1S/C24H30FN5O2/c1-28-7-5-17(6-8-28)23-18(3-2-4-20(23)25)13-22-21(16-31)27-24-26-14-19(15-30(22)24)29-9-11-32-12-10-29/h2-4,14-15,17,31H,5-13,16H2,1H3. The number of imidazole rings is 1. The lowest BCUT2D eigenvalue weighted by Crippen LogP contribution is -2.36. The van der Waals surface area contributed by atoms with Crippen molar-refractivity contribution in [2.75, 3.05) is 51.3 Å². The summed E-state index contributed by atoms with van der Waals surface area (Å²) in [5.41, 5.74) is 4.24. The maximum atomic E-state index is 15.0. The third-order valence-corrected chi connectivity index (χ3v) is 6.80. The maximum Gasteiger partial charge on any atom is 0.234 e. The van der Waals surface area contributed by atoms with Crippen molar-refractivity contribution >= 4 is 11.5 Å². The van der Waals surface area contributed by atoms with E-state index in [1.807, 2.05) is 22.9 Å². The Balaban J connectivity index is 1.53. The molecular formula is C24H30FN5O2. The van der Waals surface area contributed by atoms with Gasteiger partial charge in [0.15, 0.2) is 0 Å². The van der Waals surface area contributed by atoms with E-state index in [2.05, 4.69) is 26.8 Å². The largest absolute Gasteiger partial charge is 0.390 e. The molecule has 2 aliphatic rings. The average Bonchev–Trinajstić information content (AvgIpc) is 3.17. The number of halogens is 1. The fourth-order valence-corrected chi connectivity index (χ4v) is 4.98. The summed E-state index contributed by atoms with van der Waals surface area (Å²) in [4.78, 5) is 13.6. The van der Waals surface area contributed by atoms with E-state index in [1.165, 1.54) is 0 Å². The van der Waals surface area contributed by atoms with Gasteiger partial charge in [-0.05, 0) is 56.1 Å². The van der Waals surface area contributed by atoms with Gasteiger partial charge in [0, 0.05) is 25.7 Å². The minimum Gasteiger partial charge on any atom is -0.390 e. The maximum absolute atomic E-state index is 15.0. The second-order valence-electron chi connectivity index (χ2n) is 8.81. The minimum absolute atomic E-state index is 0.136. The summed E-state index contributed by atoms with van der Waals surface area (Å²) < 4.78 is 22.5. The zero-order valence-electron chi connectivity index (χ0n) is 18.5. The second-order valence-corrected chi connectivity index (χ2v) is 8.81. The van der Waals surface area contributed by atoms with Gasteiger partial charge in [-0.1, -0.05) is 12.1 Å². The minimum atomic E-state index is -0.176. The van der Waals surface area contributed by atoms with E-state index in [1.54, 1.807) is 12.1 Å². The number of hydrogen-bond donors (Lipinski definition) is 1. The molecule has 0 amide bonds. The zero-order valence-corrected chi connectivity index (χ0v) is 18.5. The lowest BCUT2D eigenvalue weighted by molar-refractivity contribution is 0.122. The van der Waals surface area contributed by atoms with E-state index in [0.29, 0.717) is 31.1 Å². The number of aromatic nitrogens is 3. The first kappa shape index (κ1) is 21.3. The Bertz CT molecular complexity index is 1090. The number of aliphatic hydroxyl groups excluding tert-OH is 1. The average molecular weight is 440 g/mol. The highest BCUT2D eigenvalue weighted by Gasteiger charge is 2.25. The zero-order chi connectivity index (χ0) is 22.1. The predicted octanol–water partition coefficient (Wildman–Crippen LogP) is 2.60. The smallest absolute Gasteiger partial charge is 0.234 e. The summed E-state index contributed by atoms with van der Waals surface area (Å²) in [5.74, 6) is 0.628. The van der Waals surface area contributed by atoms with Crippen molar-refractivity contribution in [3.05, 3.63) is 58.9 Å². The lowest BCUT2D eigenvalue weighted by Gasteiger charge is -2.30. The number of likely N-dealkylation sites (tertiary alicyclic amines) is 1. The molecule has 2 aliphatic heterocycles. The second kappa shape index (κ2) is 9.13. The number of morpholine rings is 1. The fraction of sp³-hybridized carbons (Fsp3) is 0.500. The van der Waals surface area contributed by atoms with Gasteiger partial charge in [-0.15, -0.1) is 0 Å². The van der Waals surface area contributed by atoms with Gasteiger partial charge in [-0.2, -0.15) is 0 Å². The summed E-state index contributed by atoms with van der Waals surface area (Å²) in [6, 6.07) is 5.36.